The van der Waals surface area contributed by atoms with Gasteiger partial charge in [0.25, 0.3) is 0 Å². The molecular formula is C25H31BrO3S. The van der Waals surface area contributed by atoms with E-state index in [-0.39, 0.29) is 5.63 Å². The molecule has 1 aromatic carbocycles. The van der Waals surface area contributed by atoms with Crippen molar-refractivity contribution < 1.29 is 9.15 Å². The Labute approximate surface area is 191 Å². The fourth-order valence-corrected chi connectivity index (χ4v) is 4.98. The first kappa shape index (κ1) is 23.1. The lowest BCUT2D eigenvalue weighted by Gasteiger charge is -2.07. The summed E-state index contributed by atoms with van der Waals surface area (Å²) in [5, 5.41) is 0.903. The molecule has 2 aromatic heterocycles. The quantitative estimate of drug-likeness (QED) is 0.178. The number of hydrogen-bond donors (Lipinski definition) is 0. The molecule has 30 heavy (non-hydrogen) atoms. The molecule has 0 aliphatic rings. The van der Waals surface area contributed by atoms with Crippen molar-refractivity contribution in [2.75, 3.05) is 6.61 Å². The lowest BCUT2D eigenvalue weighted by molar-refractivity contribution is 0.304. The Hall–Kier alpha value is -1.59. The Morgan fingerprint density at radius 1 is 0.900 bits per heavy atom. The molecule has 0 bridgehead atoms. The number of thiophene rings is 1. The first-order valence-corrected chi connectivity index (χ1v) is 12.7. The van der Waals surface area contributed by atoms with Crippen molar-refractivity contribution in [2.24, 2.45) is 0 Å². The summed E-state index contributed by atoms with van der Waals surface area (Å²) < 4.78 is 12.4. The third-order valence-electron chi connectivity index (χ3n) is 5.31. The predicted molar refractivity (Wildman–Crippen MR) is 131 cm³/mol. The van der Waals surface area contributed by atoms with Crippen molar-refractivity contribution in [1.82, 2.24) is 0 Å². The maximum Gasteiger partial charge on any atom is 0.345 e. The van der Waals surface area contributed by atoms with Crippen LogP contribution in [0.4, 0.5) is 0 Å². The summed E-state index contributed by atoms with van der Waals surface area (Å²) >= 11 is 4.96. The van der Waals surface area contributed by atoms with E-state index in [1.807, 2.05) is 36.4 Å². The van der Waals surface area contributed by atoms with Gasteiger partial charge in [-0.1, -0.05) is 64.7 Å². The van der Waals surface area contributed by atoms with E-state index in [9.17, 15) is 4.79 Å². The first-order chi connectivity index (χ1) is 14.7. The SMILES string of the molecule is CCCCCCCCCCCCOc1ccc2cc(-c3ccc(Br)s3)c(=O)oc2c1. The van der Waals surface area contributed by atoms with Crippen LogP contribution in [0.25, 0.3) is 21.4 Å². The van der Waals surface area contributed by atoms with Gasteiger partial charge in [-0.05, 0) is 52.7 Å². The summed E-state index contributed by atoms with van der Waals surface area (Å²) in [7, 11) is 0. The minimum atomic E-state index is -0.316. The van der Waals surface area contributed by atoms with E-state index in [2.05, 4.69) is 22.9 Å². The molecule has 0 radical (unpaired) electrons. The highest BCUT2D eigenvalue weighted by atomic mass is 79.9. The summed E-state index contributed by atoms with van der Waals surface area (Å²) in [6.45, 7) is 2.96. The highest BCUT2D eigenvalue weighted by molar-refractivity contribution is 9.11. The van der Waals surface area contributed by atoms with Gasteiger partial charge >= 0.3 is 5.63 Å². The molecule has 0 N–H and O–H groups in total. The summed E-state index contributed by atoms with van der Waals surface area (Å²) in [6.07, 6.45) is 13.1. The van der Waals surface area contributed by atoms with Crippen molar-refractivity contribution in [3.05, 3.63) is 50.6 Å². The molecule has 0 atom stereocenters. The van der Waals surface area contributed by atoms with Crippen LogP contribution in [0.15, 0.2) is 49.4 Å². The van der Waals surface area contributed by atoms with E-state index < -0.39 is 0 Å². The molecule has 0 saturated carbocycles. The third kappa shape index (κ3) is 6.98. The van der Waals surface area contributed by atoms with Crippen molar-refractivity contribution in [1.29, 1.82) is 0 Å². The molecule has 162 valence electrons. The van der Waals surface area contributed by atoms with Crippen LogP contribution in [0.2, 0.25) is 0 Å². The van der Waals surface area contributed by atoms with Crippen LogP contribution < -0.4 is 10.4 Å². The fraction of sp³-hybridized carbons (Fsp3) is 0.480. The average molecular weight is 491 g/mol. The second-order valence-corrected chi connectivity index (χ2v) is 10.2. The Morgan fingerprint density at radius 2 is 1.60 bits per heavy atom. The topological polar surface area (TPSA) is 39.4 Å². The molecule has 2 heterocycles. The molecule has 0 aliphatic carbocycles. The molecule has 3 nitrogen and oxygen atoms in total. The van der Waals surface area contributed by atoms with Gasteiger partial charge in [0.2, 0.25) is 0 Å². The Kier molecular flexibility index (Phi) is 9.47. The van der Waals surface area contributed by atoms with Crippen LogP contribution in [0.5, 0.6) is 5.75 Å². The van der Waals surface area contributed by atoms with Crippen molar-refractivity contribution in [2.45, 2.75) is 71.1 Å². The number of unbranched alkanes of at least 4 members (excludes halogenated alkanes) is 9. The Bertz CT molecular complexity index is 976. The number of benzene rings is 1. The van der Waals surface area contributed by atoms with E-state index in [0.717, 1.165) is 26.2 Å². The van der Waals surface area contributed by atoms with Crippen LogP contribution in [0.1, 0.15) is 71.1 Å². The number of fused-ring (bicyclic) bond motifs is 1. The lowest BCUT2D eigenvalue weighted by Crippen LogP contribution is -2.02. The zero-order chi connectivity index (χ0) is 21.2. The maximum atomic E-state index is 12.4. The van der Waals surface area contributed by atoms with E-state index in [0.29, 0.717) is 17.8 Å². The molecule has 0 fully saturated rings. The van der Waals surface area contributed by atoms with Crippen molar-refractivity contribution in [3.8, 4) is 16.2 Å². The third-order valence-corrected chi connectivity index (χ3v) is 6.97. The standard InChI is InChI=1S/C25H31BrO3S/c1-2-3-4-5-6-7-8-9-10-11-16-28-20-13-12-19-17-21(23-14-15-24(26)30-23)25(27)29-22(19)18-20/h12-15,17-18H,2-11,16H2,1H3. The van der Waals surface area contributed by atoms with Crippen LogP contribution in [-0.2, 0) is 0 Å². The molecule has 3 rings (SSSR count). The molecule has 0 amide bonds. The molecule has 0 aliphatic heterocycles. The van der Waals surface area contributed by atoms with E-state index in [1.165, 1.54) is 69.1 Å². The van der Waals surface area contributed by atoms with Gasteiger partial charge in [0.1, 0.15) is 11.3 Å². The highest BCUT2D eigenvalue weighted by Crippen LogP contribution is 2.31. The van der Waals surface area contributed by atoms with E-state index in [4.69, 9.17) is 9.15 Å². The van der Waals surface area contributed by atoms with Gasteiger partial charge in [0.15, 0.2) is 0 Å². The number of hydrogen-bond acceptors (Lipinski definition) is 4. The summed E-state index contributed by atoms with van der Waals surface area (Å²) in [5.41, 5.74) is 0.848. The van der Waals surface area contributed by atoms with E-state index in [1.54, 1.807) is 0 Å². The van der Waals surface area contributed by atoms with Crippen LogP contribution >= 0.6 is 27.3 Å². The predicted octanol–water partition coefficient (Wildman–Crippen LogP) is 8.58. The van der Waals surface area contributed by atoms with Gasteiger partial charge in [-0.15, -0.1) is 11.3 Å². The van der Waals surface area contributed by atoms with Crippen molar-refractivity contribution >= 4 is 38.2 Å². The summed E-state index contributed by atoms with van der Waals surface area (Å²) in [5.74, 6) is 0.758. The number of halogens is 1. The largest absolute Gasteiger partial charge is 0.493 e. The minimum absolute atomic E-state index is 0.316. The van der Waals surface area contributed by atoms with Gasteiger partial charge in [0, 0.05) is 16.3 Å². The summed E-state index contributed by atoms with van der Waals surface area (Å²) in [4.78, 5) is 13.3. The van der Waals surface area contributed by atoms with Crippen LogP contribution in [-0.4, -0.2) is 6.61 Å². The lowest BCUT2D eigenvalue weighted by atomic mass is 10.1. The zero-order valence-corrected chi connectivity index (χ0v) is 20.2. The maximum absolute atomic E-state index is 12.4. The van der Waals surface area contributed by atoms with E-state index >= 15 is 0 Å². The molecular weight excluding hydrogens is 460 g/mol. The molecule has 5 heteroatoms. The zero-order valence-electron chi connectivity index (χ0n) is 17.8. The van der Waals surface area contributed by atoms with Gasteiger partial charge in [-0.2, -0.15) is 0 Å². The normalized spacial score (nSPS) is 11.3. The number of ether oxygens (including phenoxy) is 1. The molecule has 0 spiro atoms. The molecule has 0 saturated heterocycles. The van der Waals surface area contributed by atoms with Gasteiger partial charge in [-0.25, -0.2) is 4.79 Å². The minimum Gasteiger partial charge on any atom is -0.493 e. The fourth-order valence-electron chi connectivity index (χ4n) is 3.59. The average Bonchev–Trinajstić information content (AvgIpc) is 3.17. The Morgan fingerprint density at radius 3 is 2.27 bits per heavy atom. The van der Waals surface area contributed by atoms with Crippen LogP contribution in [0.3, 0.4) is 0 Å². The second-order valence-electron chi connectivity index (χ2n) is 7.78. The number of rotatable bonds is 13. The molecule has 0 unspecified atom stereocenters. The molecule has 3 aromatic rings. The van der Waals surface area contributed by atoms with Gasteiger partial charge in [-0.3, -0.25) is 0 Å². The smallest absolute Gasteiger partial charge is 0.345 e. The highest BCUT2D eigenvalue weighted by Gasteiger charge is 2.10. The van der Waals surface area contributed by atoms with Crippen LogP contribution in [0, 0.1) is 0 Å². The second kappa shape index (κ2) is 12.3. The van der Waals surface area contributed by atoms with Gasteiger partial charge in [0.05, 0.1) is 16.0 Å². The Balaban J connectivity index is 1.42. The van der Waals surface area contributed by atoms with Gasteiger partial charge < -0.3 is 9.15 Å². The monoisotopic (exact) mass is 490 g/mol. The first-order valence-electron chi connectivity index (χ1n) is 11.1. The van der Waals surface area contributed by atoms with Crippen molar-refractivity contribution in [3.63, 3.8) is 0 Å². The summed E-state index contributed by atoms with van der Waals surface area (Å²) in [6, 6.07) is 11.5.